The highest BCUT2D eigenvalue weighted by Crippen LogP contribution is 2.17. The van der Waals surface area contributed by atoms with E-state index in [-0.39, 0.29) is 0 Å². The third-order valence-electron chi connectivity index (χ3n) is 3.50. The summed E-state index contributed by atoms with van der Waals surface area (Å²) in [4.78, 5) is 4.97. The Morgan fingerprint density at radius 2 is 1.71 bits per heavy atom. The van der Waals surface area contributed by atoms with Gasteiger partial charge >= 0.3 is 0 Å². The van der Waals surface area contributed by atoms with Gasteiger partial charge in [0.15, 0.2) is 0 Å². The standard InChI is InChI=1S/C14H22N2S/c1-2-13-3-5-14(6-4-13)16-9-7-15(8-10-16)11-12-17/h3-6,17H,2,7-12H2,1H3. The molecule has 0 aromatic heterocycles. The Balaban J connectivity index is 1.91. The Morgan fingerprint density at radius 3 is 2.24 bits per heavy atom. The lowest BCUT2D eigenvalue weighted by atomic mass is 10.1. The molecule has 2 nitrogen and oxygen atoms in total. The zero-order valence-corrected chi connectivity index (χ0v) is 11.5. The summed E-state index contributed by atoms with van der Waals surface area (Å²) >= 11 is 4.29. The molecular formula is C14H22N2S. The third-order valence-corrected chi connectivity index (χ3v) is 3.70. The van der Waals surface area contributed by atoms with Crippen LogP contribution in [0, 0.1) is 0 Å². The summed E-state index contributed by atoms with van der Waals surface area (Å²) < 4.78 is 0. The van der Waals surface area contributed by atoms with E-state index in [0.717, 1.165) is 44.9 Å². The van der Waals surface area contributed by atoms with Crippen molar-refractivity contribution in [2.75, 3.05) is 43.4 Å². The summed E-state index contributed by atoms with van der Waals surface area (Å²) in [6.07, 6.45) is 1.12. The number of piperazine rings is 1. The molecule has 0 saturated carbocycles. The number of hydrogen-bond acceptors (Lipinski definition) is 3. The third kappa shape index (κ3) is 3.39. The van der Waals surface area contributed by atoms with Crippen molar-refractivity contribution in [2.24, 2.45) is 0 Å². The van der Waals surface area contributed by atoms with Crippen LogP contribution in [0.4, 0.5) is 5.69 Å². The van der Waals surface area contributed by atoms with Crippen LogP contribution in [0.2, 0.25) is 0 Å². The van der Waals surface area contributed by atoms with E-state index < -0.39 is 0 Å². The topological polar surface area (TPSA) is 6.48 Å². The molecule has 0 radical (unpaired) electrons. The summed E-state index contributed by atoms with van der Waals surface area (Å²) in [5.41, 5.74) is 2.79. The SMILES string of the molecule is CCc1ccc(N2CCN(CCS)CC2)cc1. The van der Waals surface area contributed by atoms with E-state index in [1.54, 1.807) is 0 Å². The van der Waals surface area contributed by atoms with E-state index in [9.17, 15) is 0 Å². The van der Waals surface area contributed by atoms with Crippen molar-refractivity contribution in [3.05, 3.63) is 29.8 Å². The Kier molecular flexibility index (Phi) is 4.75. The van der Waals surface area contributed by atoms with Gasteiger partial charge in [-0.25, -0.2) is 0 Å². The first-order chi connectivity index (χ1) is 8.33. The van der Waals surface area contributed by atoms with Crippen LogP contribution in [-0.2, 0) is 6.42 Å². The molecule has 1 heterocycles. The lowest BCUT2D eigenvalue weighted by Crippen LogP contribution is -2.46. The van der Waals surface area contributed by atoms with E-state index in [4.69, 9.17) is 0 Å². The molecule has 1 aliphatic rings. The smallest absolute Gasteiger partial charge is 0.0367 e. The van der Waals surface area contributed by atoms with E-state index in [1.165, 1.54) is 11.3 Å². The van der Waals surface area contributed by atoms with Crippen LogP contribution in [0.25, 0.3) is 0 Å². The van der Waals surface area contributed by atoms with Crippen molar-refractivity contribution in [2.45, 2.75) is 13.3 Å². The summed E-state index contributed by atoms with van der Waals surface area (Å²) in [6, 6.07) is 9.01. The van der Waals surface area contributed by atoms with Crippen LogP contribution in [0.3, 0.4) is 0 Å². The van der Waals surface area contributed by atoms with Crippen molar-refractivity contribution >= 4 is 18.3 Å². The van der Waals surface area contributed by atoms with Crippen LogP contribution < -0.4 is 4.90 Å². The molecule has 0 aliphatic carbocycles. The largest absolute Gasteiger partial charge is 0.369 e. The minimum Gasteiger partial charge on any atom is -0.369 e. The highest BCUT2D eigenvalue weighted by atomic mass is 32.1. The van der Waals surface area contributed by atoms with E-state index in [1.807, 2.05) is 0 Å². The van der Waals surface area contributed by atoms with Crippen molar-refractivity contribution < 1.29 is 0 Å². The maximum Gasteiger partial charge on any atom is 0.0367 e. The molecular weight excluding hydrogens is 228 g/mol. The number of hydrogen-bond donors (Lipinski definition) is 1. The van der Waals surface area contributed by atoms with E-state index in [2.05, 4.69) is 53.6 Å². The number of thiol groups is 1. The van der Waals surface area contributed by atoms with Gasteiger partial charge in [-0.1, -0.05) is 19.1 Å². The molecule has 0 bridgehead atoms. The molecule has 1 fully saturated rings. The fourth-order valence-corrected chi connectivity index (χ4v) is 2.60. The predicted octanol–water partition coefficient (Wildman–Crippen LogP) is 2.30. The molecule has 94 valence electrons. The molecule has 0 amide bonds. The Hall–Kier alpha value is -0.670. The van der Waals surface area contributed by atoms with Crippen molar-refractivity contribution in [1.82, 2.24) is 4.90 Å². The van der Waals surface area contributed by atoms with Crippen molar-refractivity contribution in [3.63, 3.8) is 0 Å². The quantitative estimate of drug-likeness (QED) is 0.819. The van der Waals surface area contributed by atoms with Gasteiger partial charge in [0.05, 0.1) is 0 Å². The molecule has 1 aromatic rings. The number of anilines is 1. The molecule has 1 aromatic carbocycles. The van der Waals surface area contributed by atoms with Crippen LogP contribution in [-0.4, -0.2) is 43.4 Å². The molecule has 1 saturated heterocycles. The summed E-state index contributed by atoms with van der Waals surface area (Å²) in [6.45, 7) is 7.92. The number of rotatable bonds is 4. The maximum absolute atomic E-state index is 4.29. The summed E-state index contributed by atoms with van der Waals surface area (Å²) in [5.74, 6) is 0.963. The van der Waals surface area contributed by atoms with Crippen LogP contribution in [0.1, 0.15) is 12.5 Å². The maximum atomic E-state index is 4.29. The van der Waals surface area contributed by atoms with Gasteiger partial charge < -0.3 is 4.90 Å². The molecule has 2 rings (SSSR count). The minimum absolute atomic E-state index is 0.963. The normalized spacial score (nSPS) is 17.4. The van der Waals surface area contributed by atoms with Gasteiger partial charge in [0.2, 0.25) is 0 Å². The summed E-state index contributed by atoms with van der Waals surface area (Å²) in [7, 11) is 0. The highest BCUT2D eigenvalue weighted by molar-refractivity contribution is 7.80. The predicted molar refractivity (Wildman–Crippen MR) is 78.3 cm³/mol. The molecule has 1 aliphatic heterocycles. The zero-order valence-electron chi connectivity index (χ0n) is 10.6. The average Bonchev–Trinajstić information content (AvgIpc) is 2.40. The van der Waals surface area contributed by atoms with Gasteiger partial charge in [-0.2, -0.15) is 12.6 Å². The minimum atomic E-state index is 0.963. The fourth-order valence-electron chi connectivity index (χ4n) is 2.31. The average molecular weight is 250 g/mol. The van der Waals surface area contributed by atoms with Gasteiger partial charge in [0, 0.05) is 44.2 Å². The van der Waals surface area contributed by atoms with Gasteiger partial charge in [0.1, 0.15) is 0 Å². The monoisotopic (exact) mass is 250 g/mol. The molecule has 0 spiro atoms. The molecule has 0 atom stereocenters. The first-order valence-electron chi connectivity index (χ1n) is 6.50. The number of aryl methyl sites for hydroxylation is 1. The Bertz CT molecular complexity index is 329. The first kappa shape index (κ1) is 12.8. The number of benzene rings is 1. The lowest BCUT2D eigenvalue weighted by molar-refractivity contribution is 0.273. The second kappa shape index (κ2) is 6.31. The zero-order chi connectivity index (χ0) is 12.1. The van der Waals surface area contributed by atoms with Crippen LogP contribution in [0.5, 0.6) is 0 Å². The van der Waals surface area contributed by atoms with Crippen LogP contribution >= 0.6 is 12.6 Å². The van der Waals surface area contributed by atoms with Gasteiger partial charge in [-0.05, 0) is 24.1 Å². The first-order valence-corrected chi connectivity index (χ1v) is 7.14. The highest BCUT2D eigenvalue weighted by Gasteiger charge is 2.16. The van der Waals surface area contributed by atoms with Gasteiger partial charge in [-0.15, -0.1) is 0 Å². The van der Waals surface area contributed by atoms with Gasteiger partial charge in [0.25, 0.3) is 0 Å². The molecule has 0 unspecified atom stereocenters. The second-order valence-corrected chi connectivity index (χ2v) is 5.02. The van der Waals surface area contributed by atoms with Crippen LogP contribution in [0.15, 0.2) is 24.3 Å². The summed E-state index contributed by atoms with van der Waals surface area (Å²) in [5, 5.41) is 0. The molecule has 0 N–H and O–H groups in total. The van der Waals surface area contributed by atoms with Gasteiger partial charge in [-0.3, -0.25) is 4.90 Å². The van der Waals surface area contributed by atoms with E-state index >= 15 is 0 Å². The Morgan fingerprint density at radius 1 is 1.06 bits per heavy atom. The molecule has 17 heavy (non-hydrogen) atoms. The lowest BCUT2D eigenvalue weighted by Gasteiger charge is -2.35. The number of nitrogens with zero attached hydrogens (tertiary/aromatic N) is 2. The van der Waals surface area contributed by atoms with Crippen molar-refractivity contribution in [3.8, 4) is 0 Å². The Labute approximate surface area is 110 Å². The van der Waals surface area contributed by atoms with E-state index in [0.29, 0.717) is 0 Å². The molecule has 3 heteroatoms. The second-order valence-electron chi connectivity index (χ2n) is 4.57. The van der Waals surface area contributed by atoms with Crippen molar-refractivity contribution in [1.29, 1.82) is 0 Å². The fraction of sp³-hybridized carbons (Fsp3) is 0.571.